The summed E-state index contributed by atoms with van der Waals surface area (Å²) < 4.78 is 5.53. The van der Waals surface area contributed by atoms with E-state index in [2.05, 4.69) is 24.4 Å². The molecule has 0 bridgehead atoms. The normalized spacial score (nSPS) is 20.4. The average Bonchev–Trinajstić information content (AvgIpc) is 2.38. The second kappa shape index (κ2) is 6.81. The molecule has 1 aliphatic heterocycles. The lowest BCUT2D eigenvalue weighted by molar-refractivity contribution is 0.120. The SMILES string of the molecule is CC(Cc1cccc(Cl)c1)NCC1CCC=CO1. The van der Waals surface area contributed by atoms with Crippen molar-refractivity contribution >= 4 is 11.6 Å². The molecule has 1 aromatic rings. The second-order valence-corrected chi connectivity index (χ2v) is 5.29. The van der Waals surface area contributed by atoms with Crippen LogP contribution in [0.15, 0.2) is 36.6 Å². The van der Waals surface area contributed by atoms with Crippen molar-refractivity contribution in [2.75, 3.05) is 6.54 Å². The number of nitrogens with one attached hydrogen (secondary N) is 1. The van der Waals surface area contributed by atoms with Crippen LogP contribution in [-0.4, -0.2) is 18.7 Å². The lowest BCUT2D eigenvalue weighted by atomic mass is 10.1. The van der Waals surface area contributed by atoms with E-state index in [1.807, 2.05) is 24.5 Å². The maximum absolute atomic E-state index is 5.98. The molecule has 0 saturated heterocycles. The summed E-state index contributed by atoms with van der Waals surface area (Å²) in [6.07, 6.45) is 7.42. The van der Waals surface area contributed by atoms with E-state index in [9.17, 15) is 0 Å². The Labute approximate surface area is 114 Å². The van der Waals surface area contributed by atoms with Crippen molar-refractivity contribution in [1.29, 1.82) is 0 Å². The zero-order valence-corrected chi connectivity index (χ0v) is 11.5. The number of hydrogen-bond acceptors (Lipinski definition) is 2. The Hall–Kier alpha value is -0.990. The van der Waals surface area contributed by atoms with Gasteiger partial charge in [0.2, 0.25) is 0 Å². The molecule has 1 heterocycles. The highest BCUT2D eigenvalue weighted by molar-refractivity contribution is 6.30. The molecule has 2 rings (SSSR count). The standard InChI is InChI=1S/C15H20ClNO/c1-12(9-13-5-4-6-14(16)10-13)17-11-15-7-2-3-8-18-15/h3-6,8,10,12,15,17H,2,7,9,11H2,1H3. The van der Waals surface area contributed by atoms with Crippen molar-refractivity contribution in [3.05, 3.63) is 47.2 Å². The van der Waals surface area contributed by atoms with Gasteiger partial charge in [-0.25, -0.2) is 0 Å². The van der Waals surface area contributed by atoms with E-state index in [0.717, 1.165) is 30.8 Å². The predicted octanol–water partition coefficient (Wildman–Crippen LogP) is 3.55. The molecule has 0 radical (unpaired) electrons. The Morgan fingerprint density at radius 2 is 2.39 bits per heavy atom. The van der Waals surface area contributed by atoms with Crippen LogP contribution in [0.3, 0.4) is 0 Å². The number of benzene rings is 1. The maximum atomic E-state index is 5.98. The summed E-state index contributed by atoms with van der Waals surface area (Å²) in [5.41, 5.74) is 1.27. The van der Waals surface area contributed by atoms with Crippen LogP contribution in [0.4, 0.5) is 0 Å². The van der Waals surface area contributed by atoms with Crippen LogP contribution in [0.5, 0.6) is 0 Å². The van der Waals surface area contributed by atoms with Gasteiger partial charge in [0, 0.05) is 17.6 Å². The third-order valence-corrected chi connectivity index (χ3v) is 3.38. The Balaban J connectivity index is 1.74. The van der Waals surface area contributed by atoms with Crippen molar-refractivity contribution in [2.24, 2.45) is 0 Å². The van der Waals surface area contributed by atoms with Crippen LogP contribution in [0.2, 0.25) is 5.02 Å². The Kier molecular flexibility index (Phi) is 5.09. The highest BCUT2D eigenvalue weighted by Crippen LogP contribution is 2.13. The van der Waals surface area contributed by atoms with Crippen molar-refractivity contribution in [2.45, 2.75) is 38.3 Å². The molecule has 3 heteroatoms. The Morgan fingerprint density at radius 1 is 1.50 bits per heavy atom. The Bertz CT molecular complexity index is 405. The minimum Gasteiger partial charge on any atom is -0.497 e. The van der Waals surface area contributed by atoms with Crippen molar-refractivity contribution < 1.29 is 4.74 Å². The quantitative estimate of drug-likeness (QED) is 0.879. The molecular weight excluding hydrogens is 246 g/mol. The first-order chi connectivity index (χ1) is 8.74. The fourth-order valence-corrected chi connectivity index (χ4v) is 2.37. The molecule has 18 heavy (non-hydrogen) atoms. The smallest absolute Gasteiger partial charge is 0.110 e. The van der Waals surface area contributed by atoms with E-state index < -0.39 is 0 Å². The molecule has 2 atom stereocenters. The van der Waals surface area contributed by atoms with E-state index in [4.69, 9.17) is 16.3 Å². The topological polar surface area (TPSA) is 21.3 Å². The molecule has 1 N–H and O–H groups in total. The number of halogens is 1. The van der Waals surface area contributed by atoms with Gasteiger partial charge in [-0.15, -0.1) is 0 Å². The molecule has 0 amide bonds. The van der Waals surface area contributed by atoms with Crippen LogP contribution in [-0.2, 0) is 11.2 Å². The van der Waals surface area contributed by atoms with E-state index in [1.54, 1.807) is 0 Å². The third-order valence-electron chi connectivity index (χ3n) is 3.15. The predicted molar refractivity (Wildman–Crippen MR) is 75.9 cm³/mol. The van der Waals surface area contributed by atoms with Gasteiger partial charge in [-0.1, -0.05) is 23.7 Å². The molecule has 0 spiro atoms. The zero-order chi connectivity index (χ0) is 12.8. The van der Waals surface area contributed by atoms with E-state index in [1.165, 1.54) is 5.56 Å². The molecule has 0 aromatic heterocycles. The van der Waals surface area contributed by atoms with Crippen molar-refractivity contribution in [1.82, 2.24) is 5.32 Å². The minimum absolute atomic E-state index is 0.316. The van der Waals surface area contributed by atoms with Gasteiger partial charge >= 0.3 is 0 Å². The van der Waals surface area contributed by atoms with Gasteiger partial charge in [0.25, 0.3) is 0 Å². The van der Waals surface area contributed by atoms with Crippen LogP contribution in [0.25, 0.3) is 0 Å². The first kappa shape index (κ1) is 13.4. The van der Waals surface area contributed by atoms with Gasteiger partial charge in [-0.05, 0) is 50.0 Å². The summed E-state index contributed by atoms with van der Waals surface area (Å²) in [5, 5.41) is 4.32. The molecule has 2 unspecified atom stereocenters. The number of allylic oxidation sites excluding steroid dienone is 1. The van der Waals surface area contributed by atoms with E-state index in [-0.39, 0.29) is 0 Å². The zero-order valence-electron chi connectivity index (χ0n) is 10.7. The van der Waals surface area contributed by atoms with Crippen LogP contribution in [0, 0.1) is 0 Å². The monoisotopic (exact) mass is 265 g/mol. The van der Waals surface area contributed by atoms with Crippen molar-refractivity contribution in [3.8, 4) is 0 Å². The van der Waals surface area contributed by atoms with Gasteiger partial charge in [0.05, 0.1) is 6.26 Å². The Morgan fingerprint density at radius 3 is 3.11 bits per heavy atom. The molecule has 0 saturated carbocycles. The van der Waals surface area contributed by atoms with Gasteiger partial charge in [-0.2, -0.15) is 0 Å². The highest BCUT2D eigenvalue weighted by Gasteiger charge is 2.12. The fourth-order valence-electron chi connectivity index (χ4n) is 2.16. The number of ether oxygens (including phenoxy) is 1. The van der Waals surface area contributed by atoms with E-state index >= 15 is 0 Å². The summed E-state index contributed by atoms with van der Waals surface area (Å²) in [4.78, 5) is 0. The highest BCUT2D eigenvalue weighted by atomic mass is 35.5. The number of hydrogen-bond donors (Lipinski definition) is 1. The lowest BCUT2D eigenvalue weighted by Gasteiger charge is -2.22. The number of rotatable bonds is 5. The minimum atomic E-state index is 0.316. The fraction of sp³-hybridized carbons (Fsp3) is 0.467. The molecule has 0 fully saturated rings. The van der Waals surface area contributed by atoms with Crippen LogP contribution in [0.1, 0.15) is 25.3 Å². The van der Waals surface area contributed by atoms with Gasteiger partial charge < -0.3 is 10.1 Å². The molecule has 1 aromatic carbocycles. The first-order valence-electron chi connectivity index (χ1n) is 6.52. The largest absolute Gasteiger partial charge is 0.497 e. The summed E-state index contributed by atoms with van der Waals surface area (Å²) in [6.45, 7) is 3.10. The summed E-state index contributed by atoms with van der Waals surface area (Å²) in [6, 6.07) is 8.48. The molecule has 98 valence electrons. The average molecular weight is 266 g/mol. The lowest BCUT2D eigenvalue weighted by Crippen LogP contribution is -2.36. The van der Waals surface area contributed by atoms with Crippen molar-refractivity contribution in [3.63, 3.8) is 0 Å². The summed E-state index contributed by atoms with van der Waals surface area (Å²) in [5.74, 6) is 0. The van der Waals surface area contributed by atoms with E-state index in [0.29, 0.717) is 12.1 Å². The molecule has 1 aliphatic rings. The summed E-state index contributed by atoms with van der Waals surface area (Å²) >= 11 is 5.98. The van der Waals surface area contributed by atoms with Crippen LogP contribution < -0.4 is 5.32 Å². The molecular formula is C15H20ClNO. The first-order valence-corrected chi connectivity index (χ1v) is 6.90. The molecule has 2 nitrogen and oxygen atoms in total. The molecule has 0 aliphatic carbocycles. The van der Waals surface area contributed by atoms with Gasteiger partial charge in [-0.3, -0.25) is 0 Å². The van der Waals surface area contributed by atoms with Crippen LogP contribution >= 0.6 is 11.6 Å². The maximum Gasteiger partial charge on any atom is 0.110 e. The summed E-state index contributed by atoms with van der Waals surface area (Å²) in [7, 11) is 0. The third kappa shape index (κ3) is 4.35. The van der Waals surface area contributed by atoms with Gasteiger partial charge in [0.1, 0.15) is 6.10 Å². The van der Waals surface area contributed by atoms with Gasteiger partial charge in [0.15, 0.2) is 0 Å². The second-order valence-electron chi connectivity index (χ2n) is 4.85.